The van der Waals surface area contributed by atoms with Gasteiger partial charge in [-0.05, 0) is 31.2 Å². The normalized spacial score (nSPS) is 10.7. The molecule has 1 aromatic heterocycles. The number of carbonyl (C=O) groups excluding carboxylic acids is 1. The topological polar surface area (TPSA) is 63.8 Å². The van der Waals surface area contributed by atoms with Gasteiger partial charge in [-0.15, -0.1) is 0 Å². The lowest BCUT2D eigenvalue weighted by Gasteiger charge is -1.98. The van der Waals surface area contributed by atoms with Crippen molar-refractivity contribution in [3.8, 4) is 0 Å². The van der Waals surface area contributed by atoms with Gasteiger partial charge in [0, 0.05) is 4.90 Å². The molecule has 0 bridgehead atoms. The molecule has 0 saturated carbocycles. The lowest BCUT2D eigenvalue weighted by atomic mass is 10.2. The average molecular weight is 290 g/mol. The first-order valence-electron chi connectivity index (χ1n) is 5.89. The maximum Gasteiger partial charge on any atom is 0.427 e. The third-order valence-corrected chi connectivity index (χ3v) is 3.30. The minimum Gasteiger partial charge on any atom is -0.452 e. The van der Waals surface area contributed by atoms with Crippen molar-refractivity contribution in [2.75, 3.05) is 7.11 Å². The highest BCUT2D eigenvalue weighted by Gasteiger charge is 2.03. The molecule has 0 aliphatic heterocycles. The number of carbonyl (C=O) groups is 1. The molecule has 5 nitrogen and oxygen atoms in total. The van der Waals surface area contributed by atoms with Crippen molar-refractivity contribution in [3.05, 3.63) is 47.7 Å². The second-order valence-corrected chi connectivity index (χ2v) is 5.01. The zero-order valence-corrected chi connectivity index (χ0v) is 11.9. The number of nitrogens with one attached hydrogen (secondary N) is 1. The maximum atomic E-state index is 10.8. The Morgan fingerprint density at radius 2 is 2.05 bits per heavy atom. The lowest BCUT2D eigenvalue weighted by molar-refractivity contribution is 0.171. The Morgan fingerprint density at radius 3 is 2.75 bits per heavy atom. The van der Waals surface area contributed by atoms with Crippen molar-refractivity contribution in [2.24, 2.45) is 5.10 Å². The summed E-state index contributed by atoms with van der Waals surface area (Å²) in [6, 6.07) is 11.8. The standard InChI is InChI=1S/C14H14N2O3S/c1-10-3-6-12(7-4-10)20-13-8-5-11(19-13)9-15-16-14(17)18-2/h3-9H,1-2H3,(H,16,17). The molecule has 1 heterocycles. The van der Waals surface area contributed by atoms with Crippen LogP contribution in [0.5, 0.6) is 0 Å². The third kappa shape index (κ3) is 4.17. The van der Waals surface area contributed by atoms with Crippen molar-refractivity contribution in [2.45, 2.75) is 16.9 Å². The second-order valence-electron chi connectivity index (χ2n) is 3.93. The molecule has 20 heavy (non-hydrogen) atoms. The summed E-state index contributed by atoms with van der Waals surface area (Å²) < 4.78 is 9.94. The van der Waals surface area contributed by atoms with Crippen LogP contribution in [0.15, 0.2) is 55.9 Å². The van der Waals surface area contributed by atoms with Gasteiger partial charge in [0.1, 0.15) is 5.76 Å². The maximum absolute atomic E-state index is 10.8. The minimum absolute atomic E-state index is 0.552. The summed E-state index contributed by atoms with van der Waals surface area (Å²) in [6.07, 6.45) is 0.790. The van der Waals surface area contributed by atoms with Crippen molar-refractivity contribution >= 4 is 24.1 Å². The van der Waals surface area contributed by atoms with Gasteiger partial charge in [-0.25, -0.2) is 10.2 Å². The van der Waals surface area contributed by atoms with Gasteiger partial charge in [0.2, 0.25) is 0 Å². The Bertz CT molecular complexity index is 605. The van der Waals surface area contributed by atoms with Gasteiger partial charge in [-0.3, -0.25) is 0 Å². The first kappa shape index (κ1) is 14.2. The van der Waals surface area contributed by atoms with E-state index in [0.29, 0.717) is 5.76 Å². The van der Waals surface area contributed by atoms with E-state index in [-0.39, 0.29) is 0 Å². The number of hydrazone groups is 1. The number of rotatable bonds is 4. The fourth-order valence-electron chi connectivity index (χ4n) is 1.38. The molecule has 2 aromatic rings. The minimum atomic E-state index is -0.623. The van der Waals surface area contributed by atoms with E-state index in [1.807, 2.05) is 37.3 Å². The smallest absolute Gasteiger partial charge is 0.427 e. The molecule has 0 unspecified atom stereocenters. The predicted octanol–water partition coefficient (Wildman–Crippen LogP) is 3.43. The van der Waals surface area contributed by atoms with Crippen molar-refractivity contribution in [3.63, 3.8) is 0 Å². The summed E-state index contributed by atoms with van der Waals surface area (Å²) in [5.74, 6) is 0.552. The highest BCUT2D eigenvalue weighted by Crippen LogP contribution is 2.28. The number of hydrogen-bond donors (Lipinski definition) is 1. The van der Waals surface area contributed by atoms with Gasteiger partial charge in [0.15, 0.2) is 5.09 Å². The van der Waals surface area contributed by atoms with E-state index in [1.165, 1.54) is 30.6 Å². The van der Waals surface area contributed by atoms with E-state index < -0.39 is 6.09 Å². The summed E-state index contributed by atoms with van der Waals surface area (Å²) in [6.45, 7) is 2.05. The fraction of sp³-hybridized carbons (Fsp3) is 0.143. The average Bonchev–Trinajstić information content (AvgIpc) is 2.89. The van der Waals surface area contributed by atoms with E-state index >= 15 is 0 Å². The summed E-state index contributed by atoms with van der Waals surface area (Å²) >= 11 is 1.52. The second kappa shape index (κ2) is 6.81. The molecule has 0 radical (unpaired) electrons. The Kier molecular flexibility index (Phi) is 4.84. The molecule has 0 atom stereocenters. The van der Waals surface area contributed by atoms with Crippen LogP contribution in [0.3, 0.4) is 0 Å². The van der Waals surface area contributed by atoms with Crippen molar-refractivity contribution < 1.29 is 13.9 Å². The number of furan rings is 1. The van der Waals surface area contributed by atoms with E-state index in [0.717, 1.165) is 9.99 Å². The van der Waals surface area contributed by atoms with Gasteiger partial charge in [-0.2, -0.15) is 5.10 Å². The third-order valence-electron chi connectivity index (χ3n) is 2.37. The Morgan fingerprint density at radius 1 is 1.30 bits per heavy atom. The van der Waals surface area contributed by atoms with Crippen LogP contribution in [0.4, 0.5) is 4.79 Å². The predicted molar refractivity (Wildman–Crippen MR) is 77.1 cm³/mol. The number of ether oxygens (including phenoxy) is 1. The molecule has 0 fully saturated rings. The van der Waals surface area contributed by atoms with Crippen LogP contribution in [-0.4, -0.2) is 19.4 Å². The number of amides is 1. The van der Waals surface area contributed by atoms with Crippen LogP contribution in [0.2, 0.25) is 0 Å². The molecule has 1 amide bonds. The Labute approximate surface area is 121 Å². The Hall–Kier alpha value is -2.21. The van der Waals surface area contributed by atoms with E-state index in [2.05, 4.69) is 15.3 Å². The van der Waals surface area contributed by atoms with Gasteiger partial charge >= 0.3 is 6.09 Å². The molecule has 0 aliphatic rings. The number of methoxy groups -OCH3 is 1. The van der Waals surface area contributed by atoms with Gasteiger partial charge < -0.3 is 9.15 Å². The van der Waals surface area contributed by atoms with Crippen LogP contribution >= 0.6 is 11.8 Å². The molecular formula is C14H14N2O3S. The molecule has 1 N–H and O–H groups in total. The van der Waals surface area contributed by atoms with Crippen LogP contribution < -0.4 is 5.43 Å². The molecule has 0 spiro atoms. The summed E-state index contributed by atoms with van der Waals surface area (Å²) in [4.78, 5) is 11.9. The van der Waals surface area contributed by atoms with Gasteiger partial charge in [0.05, 0.1) is 13.3 Å². The molecule has 0 saturated heterocycles. The summed E-state index contributed by atoms with van der Waals surface area (Å²) in [5, 5.41) is 4.45. The monoisotopic (exact) mass is 290 g/mol. The van der Waals surface area contributed by atoms with E-state index in [9.17, 15) is 4.79 Å². The van der Waals surface area contributed by atoms with Gasteiger partial charge in [-0.1, -0.05) is 29.5 Å². The van der Waals surface area contributed by atoms with Crippen LogP contribution in [0.25, 0.3) is 0 Å². The molecule has 1 aromatic carbocycles. The van der Waals surface area contributed by atoms with E-state index in [1.54, 1.807) is 6.07 Å². The first-order valence-corrected chi connectivity index (χ1v) is 6.70. The highest BCUT2D eigenvalue weighted by atomic mass is 32.2. The van der Waals surface area contributed by atoms with Crippen molar-refractivity contribution in [1.82, 2.24) is 5.43 Å². The SMILES string of the molecule is COC(=O)NN=Cc1ccc(Sc2ccc(C)cc2)o1. The number of benzene rings is 1. The molecule has 6 heteroatoms. The zero-order valence-electron chi connectivity index (χ0n) is 11.1. The summed E-state index contributed by atoms with van der Waals surface area (Å²) in [5.41, 5.74) is 3.41. The molecule has 0 aliphatic carbocycles. The number of hydrogen-bond acceptors (Lipinski definition) is 5. The van der Waals surface area contributed by atoms with Crippen LogP contribution in [0, 0.1) is 6.92 Å². The Balaban J connectivity index is 1.95. The largest absolute Gasteiger partial charge is 0.452 e. The fourth-order valence-corrected chi connectivity index (χ4v) is 2.15. The number of aryl methyl sites for hydroxylation is 1. The van der Waals surface area contributed by atoms with Crippen LogP contribution in [0.1, 0.15) is 11.3 Å². The van der Waals surface area contributed by atoms with Crippen molar-refractivity contribution in [1.29, 1.82) is 0 Å². The molecular weight excluding hydrogens is 276 g/mol. The number of nitrogens with zero attached hydrogens (tertiary/aromatic N) is 1. The highest BCUT2D eigenvalue weighted by molar-refractivity contribution is 7.99. The summed E-state index contributed by atoms with van der Waals surface area (Å²) in [7, 11) is 1.27. The zero-order chi connectivity index (χ0) is 14.4. The van der Waals surface area contributed by atoms with Gasteiger partial charge in [0.25, 0.3) is 0 Å². The molecule has 104 valence electrons. The lowest BCUT2D eigenvalue weighted by Crippen LogP contribution is -2.16. The molecule has 2 rings (SSSR count). The van der Waals surface area contributed by atoms with Crippen LogP contribution in [-0.2, 0) is 4.74 Å². The van der Waals surface area contributed by atoms with E-state index in [4.69, 9.17) is 4.42 Å². The first-order chi connectivity index (χ1) is 9.67. The quantitative estimate of drug-likeness (QED) is 0.692.